The molecule has 0 aliphatic heterocycles. The van der Waals surface area contributed by atoms with Gasteiger partial charge in [0.25, 0.3) is 0 Å². The summed E-state index contributed by atoms with van der Waals surface area (Å²) in [6, 6.07) is 8.15. The molecule has 1 aromatic carbocycles. The summed E-state index contributed by atoms with van der Waals surface area (Å²) >= 11 is 3.12. The molecule has 0 radical (unpaired) electrons. The lowest BCUT2D eigenvalue weighted by Gasteiger charge is -2.11. The minimum absolute atomic E-state index is 0.0558. The average molecular weight is 427 g/mol. The summed E-state index contributed by atoms with van der Waals surface area (Å²) in [7, 11) is 0. The smallest absolute Gasteiger partial charge is 0.234 e. The second-order valence-corrected chi connectivity index (χ2v) is 9.09. The van der Waals surface area contributed by atoms with Gasteiger partial charge in [-0.1, -0.05) is 49.9 Å². The number of carbonyl (C=O) groups is 1. The van der Waals surface area contributed by atoms with E-state index >= 15 is 0 Å². The van der Waals surface area contributed by atoms with Crippen LogP contribution in [0.2, 0.25) is 0 Å². The van der Waals surface area contributed by atoms with Crippen LogP contribution in [0.15, 0.2) is 47.5 Å². The summed E-state index contributed by atoms with van der Waals surface area (Å²) in [6.45, 7) is 12.8. The van der Waals surface area contributed by atoms with Crippen LogP contribution in [-0.2, 0) is 11.3 Å². The molecule has 5 nitrogen and oxygen atoms in total. The minimum atomic E-state index is -0.0558. The molecule has 7 heteroatoms. The van der Waals surface area contributed by atoms with E-state index in [0.717, 1.165) is 28.2 Å². The zero-order valence-corrected chi connectivity index (χ0v) is 18.9. The zero-order chi connectivity index (χ0) is 21.0. The predicted molar refractivity (Wildman–Crippen MR) is 123 cm³/mol. The van der Waals surface area contributed by atoms with Crippen molar-refractivity contribution in [2.45, 2.75) is 45.3 Å². The molecular formula is C22H26N4OS2. The zero-order valence-electron chi connectivity index (χ0n) is 17.2. The van der Waals surface area contributed by atoms with Gasteiger partial charge in [-0.25, -0.2) is 0 Å². The number of anilines is 1. The lowest BCUT2D eigenvalue weighted by molar-refractivity contribution is -0.113. The van der Waals surface area contributed by atoms with E-state index in [0.29, 0.717) is 17.6 Å². The summed E-state index contributed by atoms with van der Waals surface area (Å²) in [4.78, 5) is 13.8. The molecule has 0 fully saturated rings. The summed E-state index contributed by atoms with van der Waals surface area (Å²) in [5, 5.41) is 14.6. The molecule has 3 rings (SSSR count). The number of aryl methyl sites for hydroxylation is 2. The third-order valence-electron chi connectivity index (χ3n) is 4.55. The monoisotopic (exact) mass is 426 g/mol. The third-order valence-corrected chi connectivity index (χ3v) is 6.75. The Morgan fingerprint density at radius 2 is 2.03 bits per heavy atom. The van der Waals surface area contributed by atoms with Crippen LogP contribution >= 0.6 is 23.1 Å². The Hall–Kier alpha value is -2.38. The van der Waals surface area contributed by atoms with Crippen molar-refractivity contribution in [2.75, 3.05) is 11.1 Å². The van der Waals surface area contributed by atoms with E-state index in [1.54, 1.807) is 11.3 Å². The Morgan fingerprint density at radius 3 is 2.66 bits per heavy atom. The molecule has 0 saturated carbocycles. The number of benzene rings is 1. The van der Waals surface area contributed by atoms with Crippen molar-refractivity contribution in [3.05, 3.63) is 58.3 Å². The maximum absolute atomic E-state index is 12.5. The Balaban J connectivity index is 1.74. The first-order chi connectivity index (χ1) is 13.9. The lowest BCUT2D eigenvalue weighted by atomic mass is 10.1. The van der Waals surface area contributed by atoms with Crippen LogP contribution in [0.25, 0.3) is 11.4 Å². The number of thiophene rings is 1. The number of allylic oxidation sites excluding steroid dienone is 1. The summed E-state index contributed by atoms with van der Waals surface area (Å²) < 4.78 is 2.01. The molecule has 3 aromatic rings. The van der Waals surface area contributed by atoms with E-state index in [4.69, 9.17) is 0 Å². The third kappa shape index (κ3) is 4.97. The van der Waals surface area contributed by atoms with Gasteiger partial charge >= 0.3 is 0 Å². The molecule has 1 amide bonds. The normalized spacial score (nSPS) is 11.1. The summed E-state index contributed by atoms with van der Waals surface area (Å²) in [5.74, 6) is 1.50. The Morgan fingerprint density at radius 1 is 1.31 bits per heavy atom. The maximum atomic E-state index is 12.5. The predicted octanol–water partition coefficient (Wildman–Crippen LogP) is 5.66. The number of hydrogen-bond donors (Lipinski definition) is 1. The Kier molecular flexibility index (Phi) is 6.92. The van der Waals surface area contributed by atoms with Crippen molar-refractivity contribution < 1.29 is 4.79 Å². The van der Waals surface area contributed by atoms with Crippen LogP contribution in [0.1, 0.15) is 35.8 Å². The standard InChI is InChI=1S/C22H26N4OS2/c1-6-10-26-21(17-11-18(14(2)3)28-12-17)24-25-22(26)29-13-19(27)23-20-15(4)8-7-9-16(20)5/h6-9,11-12,14H,1,10,13H2,2-5H3,(H,23,27). The molecule has 152 valence electrons. The van der Waals surface area contributed by atoms with E-state index in [1.807, 2.05) is 42.7 Å². The van der Waals surface area contributed by atoms with E-state index in [2.05, 4.69) is 47.4 Å². The average Bonchev–Trinajstić information content (AvgIpc) is 3.31. The summed E-state index contributed by atoms with van der Waals surface area (Å²) in [5.41, 5.74) is 4.04. The minimum Gasteiger partial charge on any atom is -0.325 e. The lowest BCUT2D eigenvalue weighted by Crippen LogP contribution is -2.16. The van der Waals surface area contributed by atoms with Crippen LogP contribution in [0.4, 0.5) is 5.69 Å². The number of amides is 1. The van der Waals surface area contributed by atoms with Gasteiger partial charge in [-0.05, 0) is 37.0 Å². The van der Waals surface area contributed by atoms with E-state index < -0.39 is 0 Å². The second kappa shape index (κ2) is 9.41. The number of aromatic nitrogens is 3. The first kappa shape index (κ1) is 21.3. The molecule has 29 heavy (non-hydrogen) atoms. The number of para-hydroxylation sites is 1. The van der Waals surface area contributed by atoms with Crippen LogP contribution < -0.4 is 5.32 Å². The fourth-order valence-corrected chi connectivity index (χ4v) is 4.64. The molecule has 2 heterocycles. The van der Waals surface area contributed by atoms with Crippen molar-refractivity contribution in [1.29, 1.82) is 0 Å². The van der Waals surface area contributed by atoms with Crippen molar-refractivity contribution in [3.63, 3.8) is 0 Å². The van der Waals surface area contributed by atoms with E-state index in [-0.39, 0.29) is 11.7 Å². The van der Waals surface area contributed by atoms with Crippen LogP contribution in [-0.4, -0.2) is 26.4 Å². The van der Waals surface area contributed by atoms with Crippen LogP contribution in [0.5, 0.6) is 0 Å². The highest BCUT2D eigenvalue weighted by molar-refractivity contribution is 7.99. The number of hydrogen-bond acceptors (Lipinski definition) is 5. The van der Waals surface area contributed by atoms with Gasteiger partial charge < -0.3 is 5.32 Å². The first-order valence-corrected chi connectivity index (χ1v) is 11.4. The van der Waals surface area contributed by atoms with Crippen molar-refractivity contribution in [3.8, 4) is 11.4 Å². The molecule has 0 aliphatic carbocycles. The quantitative estimate of drug-likeness (QED) is 0.373. The van der Waals surface area contributed by atoms with Gasteiger partial charge in [0.15, 0.2) is 11.0 Å². The van der Waals surface area contributed by atoms with Gasteiger partial charge in [-0.3, -0.25) is 9.36 Å². The summed E-state index contributed by atoms with van der Waals surface area (Å²) in [6.07, 6.45) is 1.82. The number of nitrogens with one attached hydrogen (secondary N) is 1. The van der Waals surface area contributed by atoms with Gasteiger partial charge in [-0.15, -0.1) is 28.1 Å². The molecule has 0 bridgehead atoms. The highest BCUT2D eigenvalue weighted by Gasteiger charge is 2.17. The van der Waals surface area contributed by atoms with Gasteiger partial charge in [0.1, 0.15) is 0 Å². The highest BCUT2D eigenvalue weighted by Crippen LogP contribution is 2.31. The molecule has 1 N–H and O–H groups in total. The molecule has 0 unspecified atom stereocenters. The molecular weight excluding hydrogens is 400 g/mol. The molecule has 0 aliphatic rings. The second-order valence-electron chi connectivity index (χ2n) is 7.20. The first-order valence-electron chi connectivity index (χ1n) is 9.52. The van der Waals surface area contributed by atoms with Gasteiger partial charge in [0.2, 0.25) is 5.91 Å². The van der Waals surface area contributed by atoms with E-state index in [9.17, 15) is 4.79 Å². The molecule has 0 atom stereocenters. The van der Waals surface area contributed by atoms with Crippen LogP contribution in [0.3, 0.4) is 0 Å². The fourth-order valence-electron chi connectivity index (χ4n) is 2.99. The highest BCUT2D eigenvalue weighted by atomic mass is 32.2. The molecule has 0 saturated heterocycles. The molecule has 0 spiro atoms. The Bertz CT molecular complexity index is 999. The van der Waals surface area contributed by atoms with Crippen molar-refractivity contribution in [1.82, 2.24) is 14.8 Å². The van der Waals surface area contributed by atoms with Gasteiger partial charge in [0.05, 0.1) is 5.75 Å². The van der Waals surface area contributed by atoms with E-state index in [1.165, 1.54) is 16.6 Å². The number of rotatable bonds is 8. The largest absolute Gasteiger partial charge is 0.325 e. The van der Waals surface area contributed by atoms with Crippen molar-refractivity contribution >= 4 is 34.7 Å². The number of thioether (sulfide) groups is 1. The van der Waals surface area contributed by atoms with Crippen LogP contribution in [0, 0.1) is 13.8 Å². The topological polar surface area (TPSA) is 59.8 Å². The van der Waals surface area contributed by atoms with Gasteiger partial charge in [-0.2, -0.15) is 0 Å². The fraction of sp³-hybridized carbons (Fsp3) is 0.318. The molecule has 2 aromatic heterocycles. The number of carbonyl (C=O) groups excluding carboxylic acids is 1. The maximum Gasteiger partial charge on any atom is 0.234 e. The number of nitrogens with zero attached hydrogens (tertiary/aromatic N) is 3. The Labute approximate surface area is 180 Å². The SMILES string of the molecule is C=CCn1c(SCC(=O)Nc2c(C)cccc2C)nnc1-c1csc(C(C)C)c1. The van der Waals surface area contributed by atoms with Gasteiger partial charge in [0, 0.05) is 28.1 Å². The van der Waals surface area contributed by atoms with Crippen molar-refractivity contribution in [2.24, 2.45) is 0 Å².